The summed E-state index contributed by atoms with van der Waals surface area (Å²) in [6.07, 6.45) is -0.953. The predicted octanol–water partition coefficient (Wildman–Crippen LogP) is 1.52. The molecule has 0 saturated carbocycles. The summed E-state index contributed by atoms with van der Waals surface area (Å²) in [5.41, 5.74) is 3.45. The number of aliphatic carboxylic acids is 1. The molecule has 6 N–H and O–H groups in total. The summed E-state index contributed by atoms with van der Waals surface area (Å²) in [4.78, 5) is 36.0. The minimum Gasteiger partial charge on any atom is -0.481 e. The van der Waals surface area contributed by atoms with E-state index in [1.807, 2.05) is 0 Å². The van der Waals surface area contributed by atoms with Crippen molar-refractivity contribution in [1.29, 1.82) is 0 Å². The van der Waals surface area contributed by atoms with Crippen LogP contribution in [0, 0.1) is 0 Å². The third-order valence-electron chi connectivity index (χ3n) is 4.79. The van der Waals surface area contributed by atoms with Gasteiger partial charge in [0.1, 0.15) is 10.5 Å². The van der Waals surface area contributed by atoms with Crippen molar-refractivity contribution in [2.24, 2.45) is 5.73 Å². The topological polar surface area (TPSA) is 185 Å². The van der Waals surface area contributed by atoms with Crippen LogP contribution in [0.15, 0.2) is 41.3 Å². The van der Waals surface area contributed by atoms with E-state index in [2.05, 4.69) is 10.6 Å². The summed E-state index contributed by atoms with van der Waals surface area (Å²) in [5.74, 6) is -3.12. The lowest BCUT2D eigenvalue weighted by molar-refractivity contribution is -0.165. The van der Waals surface area contributed by atoms with Gasteiger partial charge in [0.05, 0.1) is 0 Å². The van der Waals surface area contributed by atoms with Crippen LogP contribution in [0.3, 0.4) is 0 Å². The molecule has 0 radical (unpaired) electrons. The highest BCUT2D eigenvalue weighted by atomic mass is 32.2. The molecule has 0 heterocycles. The molecule has 0 aliphatic heterocycles. The number of nitrogens with one attached hydrogen (secondary N) is 2. The number of anilines is 1. The summed E-state index contributed by atoms with van der Waals surface area (Å²) in [6, 6.07) is 9.30. The molecule has 34 heavy (non-hydrogen) atoms. The highest BCUT2D eigenvalue weighted by Gasteiger charge is 2.45. The Kier molecular flexibility index (Phi) is 8.24. The van der Waals surface area contributed by atoms with Gasteiger partial charge in [0.2, 0.25) is 0 Å². The lowest BCUT2D eigenvalue weighted by Crippen LogP contribution is -2.61. The van der Waals surface area contributed by atoms with E-state index in [0.29, 0.717) is 16.5 Å². The number of hydrogen-bond acceptors (Lipinski definition) is 8. The Morgan fingerprint density at radius 3 is 2.24 bits per heavy atom. The number of carbonyl (C=O) groups is 3. The maximum Gasteiger partial charge on any atom is 0.336 e. The fraction of sp³-hybridized carbons (Fsp3) is 0.409. The van der Waals surface area contributed by atoms with Crippen molar-refractivity contribution >= 4 is 44.4 Å². The Morgan fingerprint density at radius 1 is 1.03 bits per heavy atom. The Hall–Kier alpha value is -3.22. The first-order valence-corrected chi connectivity index (χ1v) is 11.8. The highest BCUT2D eigenvalue weighted by Crippen LogP contribution is 2.28. The number of fused-ring (bicyclic) bond motifs is 1. The first kappa shape index (κ1) is 27.0. The zero-order chi connectivity index (χ0) is 25.7. The van der Waals surface area contributed by atoms with Gasteiger partial charge >= 0.3 is 11.9 Å². The van der Waals surface area contributed by atoms with Crippen molar-refractivity contribution < 1.29 is 37.2 Å². The number of amides is 1. The van der Waals surface area contributed by atoms with E-state index in [0.717, 1.165) is 0 Å². The van der Waals surface area contributed by atoms with Crippen LogP contribution < -0.4 is 16.4 Å². The quantitative estimate of drug-likeness (QED) is 0.140. The molecule has 11 nitrogen and oxygen atoms in total. The first-order valence-electron chi connectivity index (χ1n) is 10.4. The number of benzene rings is 2. The predicted molar refractivity (Wildman–Crippen MR) is 125 cm³/mol. The van der Waals surface area contributed by atoms with Gasteiger partial charge in [-0.1, -0.05) is 24.3 Å². The second-order valence-electron chi connectivity index (χ2n) is 8.68. The molecule has 2 aromatic rings. The van der Waals surface area contributed by atoms with Crippen molar-refractivity contribution in [2.75, 3.05) is 18.4 Å². The average Bonchev–Trinajstić information content (AvgIpc) is 2.72. The van der Waals surface area contributed by atoms with Crippen LogP contribution in [0.2, 0.25) is 0 Å². The second kappa shape index (κ2) is 10.4. The van der Waals surface area contributed by atoms with Crippen molar-refractivity contribution in [3.8, 4) is 0 Å². The van der Waals surface area contributed by atoms with E-state index in [4.69, 9.17) is 15.6 Å². The van der Waals surface area contributed by atoms with Crippen LogP contribution in [0.4, 0.5) is 5.69 Å². The number of carbonyl (C=O) groups excluding carboxylic acids is 2. The number of hydrogen-bond donors (Lipinski definition) is 5. The smallest absolute Gasteiger partial charge is 0.336 e. The van der Waals surface area contributed by atoms with E-state index in [-0.39, 0.29) is 18.0 Å². The number of esters is 1. The van der Waals surface area contributed by atoms with E-state index in [1.165, 1.54) is 12.1 Å². The van der Waals surface area contributed by atoms with Crippen LogP contribution in [-0.4, -0.2) is 60.2 Å². The van der Waals surface area contributed by atoms with Crippen LogP contribution in [-0.2, 0) is 29.2 Å². The molecule has 2 rings (SSSR count). The Labute approximate surface area is 197 Å². The maximum atomic E-state index is 12.7. The second-order valence-corrected chi connectivity index (χ2v) is 10.1. The summed E-state index contributed by atoms with van der Waals surface area (Å²) in [6.45, 7) is 4.98. The molecule has 2 aromatic carbocycles. The molecule has 12 heteroatoms. The van der Waals surface area contributed by atoms with Gasteiger partial charge in [0.25, 0.3) is 16.0 Å². The van der Waals surface area contributed by atoms with Crippen LogP contribution in [0.5, 0.6) is 0 Å². The van der Waals surface area contributed by atoms with Gasteiger partial charge in [-0.2, -0.15) is 8.42 Å². The molecule has 0 aromatic heterocycles. The monoisotopic (exact) mass is 495 g/mol. The Morgan fingerprint density at radius 2 is 1.65 bits per heavy atom. The lowest BCUT2D eigenvalue weighted by Gasteiger charge is -2.30. The molecule has 1 amide bonds. The standard InChI is InChI=1S/C22H29N3O8S/c1-21(2,3)33-20(29)22(23,11-10-18(26)27)19(28)25-13-12-24-16-8-4-7-15-14(16)6-5-9-17(15)34(30,31)32/h4-9,24H,10-13,23H2,1-3H3,(H,25,28)(H,26,27)(H,30,31,32)/t22-/m0/s1. The molecule has 0 aliphatic rings. The van der Waals surface area contributed by atoms with Gasteiger partial charge < -0.3 is 26.2 Å². The van der Waals surface area contributed by atoms with Crippen molar-refractivity contribution in [1.82, 2.24) is 5.32 Å². The number of ether oxygens (including phenoxy) is 1. The summed E-state index contributed by atoms with van der Waals surface area (Å²) in [7, 11) is -4.42. The number of rotatable bonds is 10. The molecule has 0 spiro atoms. The normalized spacial score (nSPS) is 13.7. The molecule has 0 fully saturated rings. The zero-order valence-electron chi connectivity index (χ0n) is 19.1. The Bertz CT molecular complexity index is 1190. The van der Waals surface area contributed by atoms with E-state index in [1.54, 1.807) is 45.0 Å². The van der Waals surface area contributed by atoms with E-state index in [9.17, 15) is 27.4 Å². The minimum atomic E-state index is -4.42. The van der Waals surface area contributed by atoms with Crippen molar-refractivity contribution in [2.45, 2.75) is 49.6 Å². The molecule has 0 saturated heterocycles. The third kappa shape index (κ3) is 6.89. The number of carboxylic acids is 1. The molecule has 0 unspecified atom stereocenters. The Balaban J connectivity index is 2.11. The van der Waals surface area contributed by atoms with E-state index >= 15 is 0 Å². The first-order chi connectivity index (χ1) is 15.6. The SMILES string of the molecule is CC(C)(C)OC(=O)[C@](N)(CCC(=O)O)C(=O)NCCNc1cccc2c(S(=O)(=O)O)cccc12. The molecule has 186 valence electrons. The van der Waals surface area contributed by atoms with Gasteiger partial charge in [-0.15, -0.1) is 0 Å². The summed E-state index contributed by atoms with van der Waals surface area (Å²) < 4.78 is 37.9. The summed E-state index contributed by atoms with van der Waals surface area (Å²) >= 11 is 0. The van der Waals surface area contributed by atoms with Crippen LogP contribution in [0.1, 0.15) is 33.6 Å². The molecule has 0 aliphatic carbocycles. The van der Waals surface area contributed by atoms with Crippen LogP contribution in [0.25, 0.3) is 10.8 Å². The van der Waals surface area contributed by atoms with Gasteiger partial charge in [-0.05, 0) is 39.3 Å². The molecular formula is C22H29N3O8S. The lowest BCUT2D eigenvalue weighted by atomic mass is 9.93. The maximum absolute atomic E-state index is 12.7. The largest absolute Gasteiger partial charge is 0.481 e. The van der Waals surface area contributed by atoms with Gasteiger partial charge in [-0.3, -0.25) is 14.1 Å². The molecule has 1 atom stereocenters. The van der Waals surface area contributed by atoms with Gasteiger partial charge in [0, 0.05) is 36.0 Å². The fourth-order valence-corrected chi connectivity index (χ4v) is 3.88. The highest BCUT2D eigenvalue weighted by molar-refractivity contribution is 7.86. The zero-order valence-corrected chi connectivity index (χ0v) is 19.9. The average molecular weight is 496 g/mol. The number of carboxylic acid groups (broad SMARTS) is 1. The van der Waals surface area contributed by atoms with Gasteiger partial charge in [-0.25, -0.2) is 4.79 Å². The minimum absolute atomic E-state index is 0.0159. The molecule has 0 bridgehead atoms. The van der Waals surface area contributed by atoms with Crippen molar-refractivity contribution in [3.05, 3.63) is 36.4 Å². The molecular weight excluding hydrogens is 466 g/mol. The van der Waals surface area contributed by atoms with Crippen molar-refractivity contribution in [3.63, 3.8) is 0 Å². The summed E-state index contributed by atoms with van der Waals surface area (Å²) in [5, 5.41) is 15.4. The number of nitrogens with two attached hydrogens (primary N) is 1. The van der Waals surface area contributed by atoms with Crippen LogP contribution >= 0.6 is 0 Å². The van der Waals surface area contributed by atoms with Gasteiger partial charge in [0.15, 0.2) is 5.54 Å². The third-order valence-corrected chi connectivity index (χ3v) is 5.70. The fourth-order valence-electron chi connectivity index (χ4n) is 3.17. The van der Waals surface area contributed by atoms with E-state index < -0.39 is 51.9 Å².